The van der Waals surface area contributed by atoms with E-state index >= 15 is 0 Å². The van der Waals surface area contributed by atoms with Crippen LogP contribution in [0, 0.1) is 6.92 Å². The van der Waals surface area contributed by atoms with Gasteiger partial charge in [-0.1, -0.05) is 35.9 Å². The summed E-state index contributed by atoms with van der Waals surface area (Å²) in [6.45, 7) is 4.14. The maximum atomic E-state index is 12.5. The smallest absolute Gasteiger partial charge is 0.227 e. The van der Waals surface area contributed by atoms with Crippen LogP contribution in [-0.4, -0.2) is 15.4 Å². The molecule has 0 saturated carbocycles. The SMILES string of the molecule is Cc1ccc(CN2Cc3cc4c(cc3CC2=O)CN=C4Br)cc1. The lowest BCUT2D eigenvalue weighted by Crippen LogP contribution is -2.35. The summed E-state index contributed by atoms with van der Waals surface area (Å²) in [5.41, 5.74) is 7.21. The van der Waals surface area contributed by atoms with Crippen molar-refractivity contribution >= 4 is 26.5 Å². The van der Waals surface area contributed by atoms with E-state index in [1.807, 2.05) is 4.90 Å². The summed E-state index contributed by atoms with van der Waals surface area (Å²) in [6.07, 6.45) is 0.492. The lowest BCUT2D eigenvalue weighted by atomic mass is 9.94. The van der Waals surface area contributed by atoms with Gasteiger partial charge in [0, 0.05) is 18.7 Å². The van der Waals surface area contributed by atoms with Crippen LogP contribution in [0.3, 0.4) is 0 Å². The minimum atomic E-state index is 0.205. The van der Waals surface area contributed by atoms with Crippen molar-refractivity contribution in [2.45, 2.75) is 33.0 Å². The lowest BCUT2D eigenvalue weighted by molar-refractivity contribution is -0.132. The van der Waals surface area contributed by atoms with Gasteiger partial charge >= 0.3 is 0 Å². The molecular formula is C19H17BrN2O. The monoisotopic (exact) mass is 368 g/mol. The van der Waals surface area contributed by atoms with Gasteiger partial charge in [-0.05, 0) is 51.2 Å². The van der Waals surface area contributed by atoms with Gasteiger partial charge in [-0.15, -0.1) is 0 Å². The number of aliphatic imine (C=N–C) groups is 1. The minimum absolute atomic E-state index is 0.205. The molecule has 4 heteroatoms. The van der Waals surface area contributed by atoms with Crippen LogP contribution in [0.15, 0.2) is 41.4 Å². The van der Waals surface area contributed by atoms with Crippen molar-refractivity contribution in [2.75, 3.05) is 0 Å². The average Bonchev–Trinajstić information content (AvgIpc) is 2.89. The van der Waals surface area contributed by atoms with E-state index in [1.165, 1.54) is 27.8 Å². The number of rotatable bonds is 2. The Hall–Kier alpha value is -1.94. The Bertz CT molecular complexity index is 824. The molecule has 0 atom stereocenters. The second-order valence-electron chi connectivity index (χ2n) is 6.30. The predicted molar refractivity (Wildman–Crippen MR) is 94.7 cm³/mol. The molecular weight excluding hydrogens is 352 g/mol. The van der Waals surface area contributed by atoms with Gasteiger partial charge in [0.2, 0.25) is 5.91 Å². The molecule has 2 heterocycles. The Morgan fingerprint density at radius 2 is 1.91 bits per heavy atom. The molecule has 0 N–H and O–H groups in total. The molecule has 0 fully saturated rings. The van der Waals surface area contributed by atoms with Crippen molar-refractivity contribution in [1.29, 1.82) is 0 Å². The topological polar surface area (TPSA) is 32.7 Å². The van der Waals surface area contributed by atoms with Crippen molar-refractivity contribution in [3.63, 3.8) is 0 Å². The predicted octanol–water partition coefficient (Wildman–Crippen LogP) is 3.74. The second-order valence-corrected chi connectivity index (χ2v) is 7.05. The van der Waals surface area contributed by atoms with Crippen molar-refractivity contribution < 1.29 is 4.79 Å². The van der Waals surface area contributed by atoms with Gasteiger partial charge in [0.15, 0.2) is 0 Å². The van der Waals surface area contributed by atoms with Crippen LogP contribution < -0.4 is 0 Å². The average molecular weight is 369 g/mol. The molecule has 0 spiro atoms. The highest BCUT2D eigenvalue weighted by atomic mass is 79.9. The molecule has 2 aromatic carbocycles. The Balaban J connectivity index is 1.61. The molecule has 0 radical (unpaired) electrons. The first-order valence-electron chi connectivity index (χ1n) is 7.78. The van der Waals surface area contributed by atoms with Crippen molar-refractivity contribution in [3.05, 3.63) is 69.8 Å². The van der Waals surface area contributed by atoms with Gasteiger partial charge in [0.05, 0.1) is 13.0 Å². The quantitative estimate of drug-likeness (QED) is 0.794. The van der Waals surface area contributed by atoms with Crippen LogP contribution in [0.25, 0.3) is 0 Å². The zero-order valence-corrected chi connectivity index (χ0v) is 14.6. The number of hydrogen-bond donors (Lipinski definition) is 0. The zero-order valence-electron chi connectivity index (χ0n) is 13.0. The number of nitrogens with zero attached hydrogens (tertiary/aromatic N) is 2. The molecule has 2 aromatic rings. The fourth-order valence-electron chi connectivity index (χ4n) is 3.24. The molecule has 2 aliphatic heterocycles. The normalized spacial score (nSPS) is 16.2. The molecule has 3 nitrogen and oxygen atoms in total. The number of fused-ring (bicyclic) bond motifs is 2. The maximum Gasteiger partial charge on any atom is 0.227 e. The van der Waals surface area contributed by atoms with E-state index in [0.29, 0.717) is 26.1 Å². The number of hydrogen-bond acceptors (Lipinski definition) is 2. The Labute approximate surface area is 144 Å². The summed E-state index contributed by atoms with van der Waals surface area (Å²) in [6, 6.07) is 12.7. The van der Waals surface area contributed by atoms with Crippen molar-refractivity contribution in [3.8, 4) is 0 Å². The summed E-state index contributed by atoms with van der Waals surface area (Å²) in [4.78, 5) is 18.8. The number of aryl methyl sites for hydroxylation is 1. The molecule has 0 unspecified atom stereocenters. The third kappa shape index (κ3) is 2.72. The van der Waals surface area contributed by atoms with E-state index in [9.17, 15) is 4.79 Å². The molecule has 0 bridgehead atoms. The number of benzene rings is 2. The standard InChI is InChI=1S/C19H17BrN2O/c1-12-2-4-13(5-3-12)10-22-11-16-7-17-15(9-21-19(17)20)6-14(16)8-18(22)23/h2-7H,8-11H2,1H3. The van der Waals surface area contributed by atoms with Crippen LogP contribution in [0.2, 0.25) is 0 Å². The van der Waals surface area contributed by atoms with E-state index < -0.39 is 0 Å². The van der Waals surface area contributed by atoms with Crippen LogP contribution in [0.4, 0.5) is 0 Å². The van der Waals surface area contributed by atoms with Crippen LogP contribution >= 0.6 is 15.9 Å². The highest BCUT2D eigenvalue weighted by Crippen LogP contribution is 2.29. The molecule has 0 aliphatic carbocycles. The molecule has 116 valence electrons. The zero-order chi connectivity index (χ0) is 16.0. The summed E-state index contributed by atoms with van der Waals surface area (Å²) in [5.74, 6) is 0.205. The second kappa shape index (κ2) is 5.60. The lowest BCUT2D eigenvalue weighted by Gasteiger charge is -2.29. The van der Waals surface area contributed by atoms with E-state index in [2.05, 4.69) is 64.2 Å². The third-order valence-electron chi connectivity index (χ3n) is 4.59. The van der Waals surface area contributed by atoms with Gasteiger partial charge in [0.1, 0.15) is 4.62 Å². The van der Waals surface area contributed by atoms with Crippen molar-refractivity contribution in [2.24, 2.45) is 4.99 Å². The molecule has 2 aliphatic rings. The third-order valence-corrected chi connectivity index (χ3v) is 5.26. The number of amides is 1. The highest BCUT2D eigenvalue weighted by molar-refractivity contribution is 9.18. The largest absolute Gasteiger partial charge is 0.334 e. The molecule has 1 amide bonds. The van der Waals surface area contributed by atoms with Crippen molar-refractivity contribution in [1.82, 2.24) is 4.90 Å². The van der Waals surface area contributed by atoms with Gasteiger partial charge in [-0.3, -0.25) is 9.79 Å². The molecule has 0 saturated heterocycles. The van der Waals surface area contributed by atoms with Gasteiger partial charge in [0.25, 0.3) is 0 Å². The van der Waals surface area contributed by atoms with Gasteiger partial charge in [-0.25, -0.2) is 0 Å². The minimum Gasteiger partial charge on any atom is -0.334 e. The van der Waals surface area contributed by atoms with Gasteiger partial charge < -0.3 is 4.90 Å². The maximum absolute atomic E-state index is 12.5. The molecule has 23 heavy (non-hydrogen) atoms. The Morgan fingerprint density at radius 1 is 1.13 bits per heavy atom. The first kappa shape index (κ1) is 14.6. The number of carbonyl (C=O) groups excluding carboxylic acids is 1. The van der Waals surface area contributed by atoms with E-state index in [4.69, 9.17) is 0 Å². The fraction of sp³-hybridized carbons (Fsp3) is 0.263. The first-order valence-corrected chi connectivity index (χ1v) is 8.58. The highest BCUT2D eigenvalue weighted by Gasteiger charge is 2.26. The first-order chi connectivity index (χ1) is 11.1. The van der Waals surface area contributed by atoms with E-state index in [0.717, 1.165) is 10.2 Å². The van der Waals surface area contributed by atoms with Crippen LogP contribution in [-0.2, 0) is 30.8 Å². The number of halogens is 1. The summed E-state index contributed by atoms with van der Waals surface area (Å²) < 4.78 is 0.928. The Morgan fingerprint density at radius 3 is 2.70 bits per heavy atom. The fourth-order valence-corrected chi connectivity index (χ4v) is 3.74. The Kier molecular flexibility index (Phi) is 3.57. The summed E-state index contributed by atoms with van der Waals surface area (Å²) in [7, 11) is 0. The van der Waals surface area contributed by atoms with Gasteiger partial charge in [-0.2, -0.15) is 0 Å². The van der Waals surface area contributed by atoms with E-state index in [-0.39, 0.29) is 5.91 Å². The summed E-state index contributed by atoms with van der Waals surface area (Å²) in [5, 5.41) is 0. The van der Waals surface area contributed by atoms with Crippen LogP contribution in [0.1, 0.15) is 33.4 Å². The van der Waals surface area contributed by atoms with E-state index in [1.54, 1.807) is 0 Å². The van der Waals surface area contributed by atoms with Crippen LogP contribution in [0.5, 0.6) is 0 Å². The molecule has 4 rings (SSSR count). The number of carbonyl (C=O) groups is 1. The summed E-state index contributed by atoms with van der Waals surface area (Å²) >= 11 is 3.52. The molecule has 0 aromatic heterocycles.